The summed E-state index contributed by atoms with van der Waals surface area (Å²) >= 11 is 0. The van der Waals surface area contributed by atoms with E-state index in [1.807, 2.05) is 0 Å². The summed E-state index contributed by atoms with van der Waals surface area (Å²) in [7, 11) is -3.58. The molecular formula is C14H20N2O4S. The van der Waals surface area contributed by atoms with Crippen LogP contribution in [0.25, 0.3) is 0 Å². The van der Waals surface area contributed by atoms with Crippen LogP contribution in [0.3, 0.4) is 0 Å². The van der Waals surface area contributed by atoms with Crippen LogP contribution in [0.2, 0.25) is 0 Å². The average molecular weight is 312 g/mol. The molecule has 116 valence electrons. The molecule has 0 saturated carbocycles. The molecule has 7 heteroatoms. The van der Waals surface area contributed by atoms with E-state index in [4.69, 9.17) is 0 Å². The number of rotatable bonds is 5. The van der Waals surface area contributed by atoms with Crippen LogP contribution in [-0.2, 0) is 21.2 Å². The third-order valence-electron chi connectivity index (χ3n) is 3.90. The number of aromatic nitrogens is 1. The highest BCUT2D eigenvalue weighted by molar-refractivity contribution is 7.89. The molecule has 2 unspecified atom stereocenters. The van der Waals surface area contributed by atoms with Crippen LogP contribution in [0.1, 0.15) is 25.3 Å². The Hall–Kier alpha value is -1.47. The predicted octanol–water partition coefficient (Wildman–Crippen LogP) is 1.14. The zero-order chi connectivity index (χ0) is 15.5. The summed E-state index contributed by atoms with van der Waals surface area (Å²) in [6.45, 7) is 2.09. The quantitative estimate of drug-likeness (QED) is 0.881. The number of piperidine rings is 1. The molecule has 1 aromatic heterocycles. The van der Waals surface area contributed by atoms with Gasteiger partial charge in [-0.25, -0.2) is 8.42 Å². The number of carboxylic acid groups (broad SMARTS) is 1. The molecule has 1 fully saturated rings. The highest BCUT2D eigenvalue weighted by Gasteiger charge is 2.40. The minimum absolute atomic E-state index is 0.0759. The SMILES string of the molecule is CC1CCCN(S(=O)(=O)CCc2ccncc2)C1C(=O)O. The molecule has 0 amide bonds. The molecule has 2 atom stereocenters. The molecule has 1 saturated heterocycles. The van der Waals surface area contributed by atoms with Gasteiger partial charge in [0.25, 0.3) is 0 Å². The van der Waals surface area contributed by atoms with Gasteiger partial charge in [-0.15, -0.1) is 0 Å². The van der Waals surface area contributed by atoms with Crippen molar-refractivity contribution >= 4 is 16.0 Å². The Kier molecular flexibility index (Phi) is 4.95. The summed E-state index contributed by atoms with van der Waals surface area (Å²) in [5, 5.41) is 9.31. The standard InChI is InChI=1S/C14H20N2O4S/c1-11-3-2-9-16(13(11)14(17)18)21(19,20)10-6-12-4-7-15-8-5-12/h4-5,7-8,11,13H,2-3,6,9-10H2,1H3,(H,17,18). The summed E-state index contributed by atoms with van der Waals surface area (Å²) in [6.07, 6.45) is 5.05. The van der Waals surface area contributed by atoms with Gasteiger partial charge in [0, 0.05) is 18.9 Å². The first-order chi connectivity index (χ1) is 9.92. The van der Waals surface area contributed by atoms with Gasteiger partial charge >= 0.3 is 5.97 Å². The number of carbonyl (C=O) groups is 1. The van der Waals surface area contributed by atoms with Gasteiger partial charge in [-0.2, -0.15) is 4.31 Å². The Morgan fingerprint density at radius 3 is 2.71 bits per heavy atom. The molecule has 2 rings (SSSR count). The number of nitrogens with zero attached hydrogens (tertiary/aromatic N) is 2. The third-order valence-corrected chi connectivity index (χ3v) is 5.74. The van der Waals surface area contributed by atoms with E-state index in [1.54, 1.807) is 31.5 Å². The summed E-state index contributed by atoms with van der Waals surface area (Å²) < 4.78 is 26.1. The number of aliphatic carboxylic acids is 1. The van der Waals surface area contributed by atoms with E-state index in [1.165, 1.54) is 4.31 Å². The first-order valence-corrected chi connectivity index (χ1v) is 8.64. The fourth-order valence-electron chi connectivity index (χ4n) is 2.74. The van der Waals surface area contributed by atoms with E-state index in [0.29, 0.717) is 19.4 Å². The lowest BCUT2D eigenvalue weighted by Crippen LogP contribution is -2.52. The van der Waals surface area contributed by atoms with E-state index in [9.17, 15) is 18.3 Å². The number of pyridine rings is 1. The van der Waals surface area contributed by atoms with E-state index in [0.717, 1.165) is 12.0 Å². The van der Waals surface area contributed by atoms with Crippen LogP contribution in [0.15, 0.2) is 24.5 Å². The van der Waals surface area contributed by atoms with Crippen LogP contribution >= 0.6 is 0 Å². The smallest absolute Gasteiger partial charge is 0.322 e. The lowest BCUT2D eigenvalue weighted by atomic mass is 9.93. The second-order valence-electron chi connectivity index (χ2n) is 5.43. The number of carboxylic acids is 1. The van der Waals surface area contributed by atoms with E-state index in [2.05, 4.69) is 4.98 Å². The molecule has 21 heavy (non-hydrogen) atoms. The number of sulfonamides is 1. The first-order valence-electron chi connectivity index (χ1n) is 7.03. The minimum Gasteiger partial charge on any atom is -0.480 e. The molecule has 0 radical (unpaired) electrons. The normalized spacial score (nSPS) is 23.9. The van der Waals surface area contributed by atoms with Crippen LogP contribution in [0.5, 0.6) is 0 Å². The van der Waals surface area contributed by atoms with E-state index in [-0.39, 0.29) is 11.7 Å². The molecule has 1 aromatic rings. The van der Waals surface area contributed by atoms with Crippen molar-refractivity contribution < 1.29 is 18.3 Å². The Morgan fingerprint density at radius 2 is 2.10 bits per heavy atom. The molecule has 0 aliphatic carbocycles. The maximum atomic E-state index is 12.5. The first kappa shape index (κ1) is 15.9. The summed E-state index contributed by atoms with van der Waals surface area (Å²) in [6, 6.07) is 2.59. The fourth-order valence-corrected chi connectivity index (χ4v) is 4.52. The molecule has 2 heterocycles. The van der Waals surface area contributed by atoms with Gasteiger partial charge in [0.2, 0.25) is 10.0 Å². The van der Waals surface area contributed by atoms with Crippen LogP contribution in [0.4, 0.5) is 0 Å². The maximum Gasteiger partial charge on any atom is 0.322 e. The highest BCUT2D eigenvalue weighted by Crippen LogP contribution is 2.26. The van der Waals surface area contributed by atoms with Crippen molar-refractivity contribution in [3.8, 4) is 0 Å². The van der Waals surface area contributed by atoms with Gasteiger partial charge < -0.3 is 5.11 Å². The van der Waals surface area contributed by atoms with Crippen molar-refractivity contribution in [2.45, 2.75) is 32.2 Å². The number of hydrogen-bond donors (Lipinski definition) is 1. The second kappa shape index (κ2) is 6.53. The van der Waals surface area contributed by atoms with Crippen molar-refractivity contribution in [3.05, 3.63) is 30.1 Å². The maximum absolute atomic E-state index is 12.5. The summed E-state index contributed by atoms with van der Waals surface area (Å²) in [5.74, 6) is -1.30. The zero-order valence-corrected chi connectivity index (χ0v) is 12.8. The molecule has 0 spiro atoms. The molecule has 0 aromatic carbocycles. The van der Waals surface area contributed by atoms with Gasteiger partial charge in [-0.05, 0) is 42.9 Å². The van der Waals surface area contributed by atoms with Gasteiger partial charge in [-0.1, -0.05) is 6.92 Å². The van der Waals surface area contributed by atoms with Gasteiger partial charge in [-0.3, -0.25) is 9.78 Å². The summed E-state index contributed by atoms with van der Waals surface area (Å²) in [4.78, 5) is 15.3. The lowest BCUT2D eigenvalue weighted by Gasteiger charge is -2.36. The predicted molar refractivity (Wildman–Crippen MR) is 78.3 cm³/mol. The molecule has 6 nitrogen and oxygen atoms in total. The van der Waals surface area contributed by atoms with Gasteiger partial charge in [0.05, 0.1) is 5.75 Å². The molecule has 1 N–H and O–H groups in total. The van der Waals surface area contributed by atoms with Gasteiger partial charge in [0.1, 0.15) is 6.04 Å². The van der Waals surface area contributed by atoms with Crippen LogP contribution in [0, 0.1) is 5.92 Å². The van der Waals surface area contributed by atoms with Crippen molar-refractivity contribution in [3.63, 3.8) is 0 Å². The monoisotopic (exact) mass is 312 g/mol. The molecule has 1 aliphatic rings. The van der Waals surface area contributed by atoms with Crippen LogP contribution in [-0.4, -0.2) is 47.1 Å². The highest BCUT2D eigenvalue weighted by atomic mass is 32.2. The fraction of sp³-hybridized carbons (Fsp3) is 0.571. The minimum atomic E-state index is -3.58. The molecule has 0 bridgehead atoms. The summed E-state index contributed by atoms with van der Waals surface area (Å²) in [5.41, 5.74) is 0.880. The molecular weight excluding hydrogens is 292 g/mol. The van der Waals surface area contributed by atoms with Crippen molar-refractivity contribution in [1.82, 2.24) is 9.29 Å². The third kappa shape index (κ3) is 3.79. The van der Waals surface area contributed by atoms with E-state index >= 15 is 0 Å². The van der Waals surface area contributed by atoms with Crippen molar-refractivity contribution in [2.24, 2.45) is 5.92 Å². The lowest BCUT2D eigenvalue weighted by molar-refractivity contribution is -0.144. The van der Waals surface area contributed by atoms with Crippen molar-refractivity contribution in [1.29, 1.82) is 0 Å². The number of aryl methyl sites for hydroxylation is 1. The Bertz CT molecular complexity index is 588. The van der Waals surface area contributed by atoms with Crippen molar-refractivity contribution in [2.75, 3.05) is 12.3 Å². The molecule has 1 aliphatic heterocycles. The Balaban J connectivity index is 2.12. The zero-order valence-electron chi connectivity index (χ0n) is 12.0. The largest absolute Gasteiger partial charge is 0.480 e. The Labute approximate surface area is 124 Å². The number of hydrogen-bond acceptors (Lipinski definition) is 4. The van der Waals surface area contributed by atoms with Gasteiger partial charge in [0.15, 0.2) is 0 Å². The Morgan fingerprint density at radius 1 is 1.43 bits per heavy atom. The van der Waals surface area contributed by atoms with E-state index < -0.39 is 22.0 Å². The average Bonchev–Trinajstić information content (AvgIpc) is 2.46. The topological polar surface area (TPSA) is 87.6 Å². The second-order valence-corrected chi connectivity index (χ2v) is 7.48. The van der Waals surface area contributed by atoms with Crippen LogP contribution < -0.4 is 0 Å².